The van der Waals surface area contributed by atoms with E-state index in [-0.39, 0.29) is 5.91 Å². The molecule has 0 fully saturated rings. The quantitative estimate of drug-likeness (QED) is 0.520. The van der Waals surface area contributed by atoms with Gasteiger partial charge in [0.15, 0.2) is 0 Å². The molecule has 0 spiro atoms. The Kier molecular flexibility index (Phi) is 4.89. The van der Waals surface area contributed by atoms with Crippen LogP contribution in [0.3, 0.4) is 0 Å². The average molecular weight is 369 g/mol. The zero-order valence-corrected chi connectivity index (χ0v) is 15.3. The Hall–Kier alpha value is -3.86. The van der Waals surface area contributed by atoms with Crippen molar-refractivity contribution >= 4 is 11.6 Å². The van der Waals surface area contributed by atoms with E-state index in [0.29, 0.717) is 17.0 Å². The van der Waals surface area contributed by atoms with Gasteiger partial charge < -0.3 is 10.1 Å². The number of carbonyl (C=O) groups is 1. The van der Waals surface area contributed by atoms with Crippen molar-refractivity contribution in [3.8, 4) is 28.3 Å². The molecule has 0 aliphatic carbocycles. The first kappa shape index (κ1) is 17.5. The molecule has 28 heavy (non-hydrogen) atoms. The van der Waals surface area contributed by atoms with Crippen LogP contribution in [0.5, 0.6) is 5.75 Å². The van der Waals surface area contributed by atoms with Gasteiger partial charge in [0.1, 0.15) is 5.75 Å². The lowest BCUT2D eigenvalue weighted by molar-refractivity contribution is 0.102. The molecule has 1 heterocycles. The van der Waals surface area contributed by atoms with E-state index in [0.717, 1.165) is 22.5 Å². The number of nitrogens with one attached hydrogen (secondary N) is 2. The van der Waals surface area contributed by atoms with Crippen molar-refractivity contribution in [3.63, 3.8) is 0 Å². The Bertz CT molecular complexity index is 1090. The first-order chi connectivity index (χ1) is 13.7. The molecule has 138 valence electrons. The highest BCUT2D eigenvalue weighted by atomic mass is 16.5. The summed E-state index contributed by atoms with van der Waals surface area (Å²) >= 11 is 0. The van der Waals surface area contributed by atoms with Gasteiger partial charge in [0.05, 0.1) is 18.5 Å². The number of rotatable bonds is 5. The smallest absolute Gasteiger partial charge is 0.255 e. The number of nitrogens with zero attached hydrogens (tertiary/aromatic N) is 1. The molecule has 0 atom stereocenters. The van der Waals surface area contributed by atoms with E-state index < -0.39 is 0 Å². The highest BCUT2D eigenvalue weighted by Gasteiger charge is 2.13. The molecule has 0 saturated carbocycles. The Labute approximate surface area is 163 Å². The van der Waals surface area contributed by atoms with E-state index in [1.165, 1.54) is 0 Å². The van der Waals surface area contributed by atoms with Crippen LogP contribution >= 0.6 is 0 Å². The van der Waals surface area contributed by atoms with E-state index in [4.69, 9.17) is 4.74 Å². The minimum atomic E-state index is -0.164. The van der Waals surface area contributed by atoms with Crippen LogP contribution in [-0.2, 0) is 0 Å². The van der Waals surface area contributed by atoms with Crippen molar-refractivity contribution in [3.05, 3.63) is 90.5 Å². The van der Waals surface area contributed by atoms with Crippen LogP contribution < -0.4 is 10.1 Å². The van der Waals surface area contributed by atoms with E-state index in [2.05, 4.69) is 15.5 Å². The molecule has 0 bridgehead atoms. The Balaban J connectivity index is 1.59. The van der Waals surface area contributed by atoms with Gasteiger partial charge in [-0.05, 0) is 30.3 Å². The maximum atomic E-state index is 12.4. The van der Waals surface area contributed by atoms with Crippen molar-refractivity contribution < 1.29 is 9.53 Å². The molecule has 0 aliphatic rings. The molecular weight excluding hydrogens is 350 g/mol. The van der Waals surface area contributed by atoms with E-state index in [1.807, 2.05) is 66.7 Å². The molecule has 5 nitrogen and oxygen atoms in total. The summed E-state index contributed by atoms with van der Waals surface area (Å²) < 4.78 is 5.54. The fourth-order valence-electron chi connectivity index (χ4n) is 3.00. The Morgan fingerprint density at radius 3 is 2.36 bits per heavy atom. The summed E-state index contributed by atoms with van der Waals surface area (Å²) in [7, 11) is 1.61. The predicted molar refractivity (Wildman–Crippen MR) is 110 cm³/mol. The molecule has 4 rings (SSSR count). The molecule has 0 radical (unpaired) electrons. The summed E-state index contributed by atoms with van der Waals surface area (Å²) in [4.78, 5) is 12.4. The van der Waals surface area contributed by atoms with E-state index >= 15 is 0 Å². The van der Waals surface area contributed by atoms with Crippen LogP contribution in [0.25, 0.3) is 22.5 Å². The maximum Gasteiger partial charge on any atom is 0.255 e. The predicted octanol–water partition coefficient (Wildman–Crippen LogP) is 5.00. The van der Waals surface area contributed by atoms with Crippen LogP contribution in [0.2, 0.25) is 0 Å². The zero-order valence-electron chi connectivity index (χ0n) is 15.3. The average Bonchev–Trinajstić information content (AvgIpc) is 3.25. The number of hydrogen-bond donors (Lipinski definition) is 2. The summed E-state index contributed by atoms with van der Waals surface area (Å²) in [5, 5.41) is 10.4. The van der Waals surface area contributed by atoms with Crippen molar-refractivity contribution in [2.24, 2.45) is 0 Å². The molecule has 0 saturated heterocycles. The number of anilines is 1. The van der Waals surface area contributed by atoms with Gasteiger partial charge in [-0.15, -0.1) is 0 Å². The van der Waals surface area contributed by atoms with Crippen LogP contribution in [0.15, 0.2) is 84.9 Å². The second-order valence-electron chi connectivity index (χ2n) is 6.27. The normalized spacial score (nSPS) is 10.5. The number of hydrogen-bond acceptors (Lipinski definition) is 3. The fourth-order valence-corrected chi connectivity index (χ4v) is 3.00. The number of carbonyl (C=O) groups excluding carboxylic acids is 1. The van der Waals surface area contributed by atoms with Gasteiger partial charge in [-0.3, -0.25) is 9.89 Å². The van der Waals surface area contributed by atoms with E-state index in [9.17, 15) is 4.79 Å². The van der Waals surface area contributed by atoms with Crippen molar-refractivity contribution in [1.29, 1.82) is 0 Å². The lowest BCUT2D eigenvalue weighted by Gasteiger charge is -2.10. The molecule has 1 aromatic heterocycles. The number of amides is 1. The lowest BCUT2D eigenvalue weighted by atomic mass is 10.1. The van der Waals surface area contributed by atoms with Crippen LogP contribution in [-0.4, -0.2) is 23.2 Å². The molecule has 2 N–H and O–H groups in total. The van der Waals surface area contributed by atoms with Gasteiger partial charge in [-0.25, -0.2) is 0 Å². The first-order valence-corrected chi connectivity index (χ1v) is 8.90. The number of aromatic nitrogens is 2. The summed E-state index contributed by atoms with van der Waals surface area (Å²) in [6, 6.07) is 26.6. The van der Waals surface area contributed by atoms with Crippen LogP contribution in [0.4, 0.5) is 5.69 Å². The summed E-state index contributed by atoms with van der Waals surface area (Å²) in [6.45, 7) is 0. The number of aromatic amines is 1. The van der Waals surface area contributed by atoms with Gasteiger partial charge in [-0.2, -0.15) is 5.10 Å². The molecule has 5 heteroatoms. The third kappa shape index (κ3) is 3.64. The summed E-state index contributed by atoms with van der Waals surface area (Å²) in [5.41, 5.74) is 4.88. The summed E-state index contributed by atoms with van der Waals surface area (Å²) in [5.74, 6) is 0.484. The number of H-pyrrole nitrogens is 1. The molecule has 3 aromatic carbocycles. The third-order valence-electron chi connectivity index (χ3n) is 4.43. The monoisotopic (exact) mass is 369 g/mol. The topological polar surface area (TPSA) is 67.0 Å². The van der Waals surface area contributed by atoms with Crippen molar-refractivity contribution in [1.82, 2.24) is 10.2 Å². The van der Waals surface area contributed by atoms with Gasteiger partial charge in [0, 0.05) is 28.4 Å². The van der Waals surface area contributed by atoms with Gasteiger partial charge in [0.25, 0.3) is 5.91 Å². The molecule has 0 aliphatic heterocycles. The van der Waals surface area contributed by atoms with Crippen LogP contribution in [0.1, 0.15) is 10.4 Å². The number of methoxy groups -OCH3 is 1. The van der Waals surface area contributed by atoms with Crippen molar-refractivity contribution in [2.75, 3.05) is 12.4 Å². The highest BCUT2D eigenvalue weighted by Crippen LogP contribution is 2.33. The Morgan fingerprint density at radius 2 is 1.64 bits per heavy atom. The second kappa shape index (κ2) is 7.80. The zero-order chi connectivity index (χ0) is 19.3. The molecule has 0 unspecified atom stereocenters. The minimum absolute atomic E-state index is 0.164. The second-order valence-corrected chi connectivity index (χ2v) is 6.27. The first-order valence-electron chi connectivity index (χ1n) is 8.90. The minimum Gasteiger partial charge on any atom is -0.496 e. The standard InChI is InChI=1S/C23H19N3O2/c1-28-22-14-18(24-23(27)17-10-6-3-7-11-17)12-13-19(22)21-15-20(25-26-21)16-8-4-2-5-9-16/h2-15H,1H3,(H,24,27)(H,25,26). The third-order valence-corrected chi connectivity index (χ3v) is 4.43. The van der Waals surface area contributed by atoms with Gasteiger partial charge >= 0.3 is 0 Å². The highest BCUT2D eigenvalue weighted by molar-refractivity contribution is 6.04. The van der Waals surface area contributed by atoms with Gasteiger partial charge in [0.2, 0.25) is 0 Å². The lowest BCUT2D eigenvalue weighted by Crippen LogP contribution is -2.11. The van der Waals surface area contributed by atoms with E-state index in [1.54, 1.807) is 25.3 Å². The van der Waals surface area contributed by atoms with Crippen molar-refractivity contribution in [2.45, 2.75) is 0 Å². The SMILES string of the molecule is COc1cc(NC(=O)c2ccccc2)ccc1-c1cc(-c2ccccc2)n[nH]1. The molecular formula is C23H19N3O2. The van der Waals surface area contributed by atoms with Gasteiger partial charge in [-0.1, -0.05) is 48.5 Å². The summed E-state index contributed by atoms with van der Waals surface area (Å²) in [6.07, 6.45) is 0. The van der Waals surface area contributed by atoms with Crippen LogP contribution in [0, 0.1) is 0 Å². The maximum absolute atomic E-state index is 12.4. The molecule has 1 amide bonds. The fraction of sp³-hybridized carbons (Fsp3) is 0.0435. The number of benzene rings is 3. The largest absolute Gasteiger partial charge is 0.496 e. The molecule has 4 aromatic rings. The number of ether oxygens (including phenoxy) is 1. The Morgan fingerprint density at radius 1 is 0.929 bits per heavy atom.